The van der Waals surface area contributed by atoms with E-state index in [1.54, 1.807) is 0 Å². The predicted molar refractivity (Wildman–Crippen MR) is 117 cm³/mol. The summed E-state index contributed by atoms with van der Waals surface area (Å²) in [6, 6.07) is 9.33. The van der Waals surface area contributed by atoms with E-state index >= 15 is 0 Å². The zero-order valence-corrected chi connectivity index (χ0v) is 17.9. The third-order valence-corrected chi connectivity index (χ3v) is 5.21. The van der Waals surface area contributed by atoms with Crippen LogP contribution in [0.2, 0.25) is 0 Å². The van der Waals surface area contributed by atoms with Gasteiger partial charge in [-0.25, -0.2) is 0 Å². The third kappa shape index (κ3) is 10.8. The Balaban J connectivity index is 1.81. The number of hydrogen-bond acceptors (Lipinski definition) is 4. The fourth-order valence-corrected chi connectivity index (χ4v) is 3.41. The summed E-state index contributed by atoms with van der Waals surface area (Å²) in [5.41, 5.74) is 3.31. The number of nitrogens with one attached hydrogen (secondary N) is 3. The van der Waals surface area contributed by atoms with Crippen molar-refractivity contribution >= 4 is 0 Å². The smallest absolute Gasteiger partial charge is 0.0234 e. The van der Waals surface area contributed by atoms with Crippen molar-refractivity contribution in [2.45, 2.75) is 53.0 Å². The van der Waals surface area contributed by atoms with E-state index in [4.69, 9.17) is 0 Å². The Morgan fingerprint density at radius 1 is 0.741 bits per heavy atom. The van der Waals surface area contributed by atoms with Gasteiger partial charge in [-0.05, 0) is 68.4 Å². The Morgan fingerprint density at radius 3 is 2.00 bits per heavy atom. The minimum Gasteiger partial charge on any atom is -0.315 e. The summed E-state index contributed by atoms with van der Waals surface area (Å²) in [7, 11) is 0. The number of nitrogens with zero attached hydrogens (tertiary/aromatic N) is 1. The quantitative estimate of drug-likeness (QED) is 0.758. The van der Waals surface area contributed by atoms with E-state index in [0.29, 0.717) is 5.41 Å². The molecule has 0 saturated carbocycles. The van der Waals surface area contributed by atoms with Crippen molar-refractivity contribution in [3.8, 4) is 0 Å². The average molecular weight is 375 g/mol. The molecule has 1 aromatic rings. The number of hydrogen-bond donors (Lipinski definition) is 3. The van der Waals surface area contributed by atoms with Gasteiger partial charge in [0.2, 0.25) is 0 Å². The second kappa shape index (κ2) is 12.5. The van der Waals surface area contributed by atoms with Crippen LogP contribution in [0, 0.1) is 5.41 Å². The van der Waals surface area contributed by atoms with Crippen LogP contribution in [0.1, 0.15) is 51.2 Å². The third-order valence-electron chi connectivity index (χ3n) is 5.21. The topological polar surface area (TPSA) is 39.3 Å². The zero-order chi connectivity index (χ0) is 19.4. The molecule has 1 aromatic carbocycles. The lowest BCUT2D eigenvalue weighted by molar-refractivity contribution is 0.260. The summed E-state index contributed by atoms with van der Waals surface area (Å²) in [6.07, 6.45) is 4.84. The van der Waals surface area contributed by atoms with Crippen molar-refractivity contribution in [2.24, 2.45) is 5.41 Å². The van der Waals surface area contributed by atoms with E-state index in [0.717, 1.165) is 58.9 Å². The SMILES string of the molecule is CC(C)(C)CCc1ccc(CN2CCCNCCNCCCNCC2)cc1. The highest BCUT2D eigenvalue weighted by Crippen LogP contribution is 2.21. The number of aryl methyl sites for hydroxylation is 1. The zero-order valence-electron chi connectivity index (χ0n) is 17.9. The minimum absolute atomic E-state index is 0.410. The van der Waals surface area contributed by atoms with Gasteiger partial charge in [-0.15, -0.1) is 0 Å². The highest BCUT2D eigenvalue weighted by molar-refractivity contribution is 5.22. The first kappa shape index (κ1) is 22.4. The Bertz CT molecular complexity index is 478. The van der Waals surface area contributed by atoms with E-state index in [1.165, 1.54) is 36.8 Å². The molecule has 154 valence electrons. The van der Waals surface area contributed by atoms with Gasteiger partial charge < -0.3 is 16.0 Å². The molecule has 0 aliphatic carbocycles. The van der Waals surface area contributed by atoms with Gasteiger partial charge in [-0.2, -0.15) is 0 Å². The van der Waals surface area contributed by atoms with E-state index in [2.05, 4.69) is 65.9 Å². The molecule has 1 heterocycles. The molecule has 1 saturated heterocycles. The van der Waals surface area contributed by atoms with Crippen LogP contribution >= 0.6 is 0 Å². The maximum absolute atomic E-state index is 3.60. The Kier molecular flexibility index (Phi) is 10.4. The second-order valence-electron chi connectivity index (χ2n) is 9.11. The summed E-state index contributed by atoms with van der Waals surface area (Å²) < 4.78 is 0. The highest BCUT2D eigenvalue weighted by Gasteiger charge is 2.10. The van der Waals surface area contributed by atoms with E-state index in [9.17, 15) is 0 Å². The molecule has 27 heavy (non-hydrogen) atoms. The molecular formula is C23H42N4. The van der Waals surface area contributed by atoms with Crippen molar-refractivity contribution < 1.29 is 0 Å². The van der Waals surface area contributed by atoms with Crippen LogP contribution in [0.25, 0.3) is 0 Å². The largest absolute Gasteiger partial charge is 0.315 e. The average Bonchev–Trinajstić information content (AvgIpc) is 2.63. The molecule has 4 nitrogen and oxygen atoms in total. The van der Waals surface area contributed by atoms with Crippen molar-refractivity contribution in [3.63, 3.8) is 0 Å². The summed E-state index contributed by atoms with van der Waals surface area (Å²) in [4.78, 5) is 2.60. The van der Waals surface area contributed by atoms with Gasteiger partial charge in [0.05, 0.1) is 0 Å². The van der Waals surface area contributed by atoms with Crippen molar-refractivity contribution in [1.29, 1.82) is 0 Å². The predicted octanol–water partition coefficient (Wildman–Crippen LogP) is 3.03. The van der Waals surface area contributed by atoms with Crippen LogP contribution in [0.3, 0.4) is 0 Å². The molecule has 4 heteroatoms. The molecule has 0 bridgehead atoms. The van der Waals surface area contributed by atoms with Gasteiger partial charge in [-0.3, -0.25) is 4.90 Å². The Hall–Kier alpha value is -0.940. The van der Waals surface area contributed by atoms with Gasteiger partial charge in [0, 0.05) is 32.7 Å². The van der Waals surface area contributed by atoms with Crippen molar-refractivity contribution in [2.75, 3.05) is 52.4 Å². The van der Waals surface area contributed by atoms with Gasteiger partial charge in [0.1, 0.15) is 0 Å². The van der Waals surface area contributed by atoms with Crippen LogP contribution in [-0.4, -0.2) is 57.3 Å². The monoisotopic (exact) mass is 374 g/mol. The molecule has 3 N–H and O–H groups in total. The van der Waals surface area contributed by atoms with Gasteiger partial charge in [0.15, 0.2) is 0 Å². The van der Waals surface area contributed by atoms with Crippen LogP contribution in [0.4, 0.5) is 0 Å². The fraction of sp³-hybridized carbons (Fsp3) is 0.739. The lowest BCUT2D eigenvalue weighted by Gasteiger charge is -2.23. The minimum atomic E-state index is 0.410. The molecule has 0 atom stereocenters. The van der Waals surface area contributed by atoms with Gasteiger partial charge in [0.25, 0.3) is 0 Å². The molecule has 0 amide bonds. The normalized spacial score (nSPS) is 19.5. The summed E-state index contributed by atoms with van der Waals surface area (Å²) in [5, 5.41) is 10.6. The summed E-state index contributed by atoms with van der Waals surface area (Å²) in [5.74, 6) is 0. The maximum Gasteiger partial charge on any atom is 0.0234 e. The van der Waals surface area contributed by atoms with Crippen LogP contribution in [0.15, 0.2) is 24.3 Å². The van der Waals surface area contributed by atoms with Crippen LogP contribution < -0.4 is 16.0 Å². The molecule has 0 aromatic heterocycles. The first-order chi connectivity index (χ1) is 13.0. The molecule has 1 aliphatic rings. The second-order valence-corrected chi connectivity index (χ2v) is 9.11. The Labute approximate surface area is 167 Å². The van der Waals surface area contributed by atoms with E-state index in [-0.39, 0.29) is 0 Å². The van der Waals surface area contributed by atoms with E-state index < -0.39 is 0 Å². The summed E-state index contributed by atoms with van der Waals surface area (Å²) in [6.45, 7) is 16.9. The Morgan fingerprint density at radius 2 is 1.33 bits per heavy atom. The molecule has 2 rings (SSSR count). The molecule has 0 radical (unpaired) electrons. The maximum atomic E-state index is 3.60. The fourth-order valence-electron chi connectivity index (χ4n) is 3.41. The first-order valence-corrected chi connectivity index (χ1v) is 11.0. The van der Waals surface area contributed by atoms with Crippen LogP contribution in [0.5, 0.6) is 0 Å². The lowest BCUT2D eigenvalue weighted by Crippen LogP contribution is -2.36. The molecule has 1 fully saturated rings. The highest BCUT2D eigenvalue weighted by atomic mass is 15.1. The first-order valence-electron chi connectivity index (χ1n) is 11.0. The van der Waals surface area contributed by atoms with Gasteiger partial charge >= 0.3 is 0 Å². The number of benzene rings is 1. The molecular weight excluding hydrogens is 332 g/mol. The number of rotatable bonds is 4. The molecule has 0 spiro atoms. The van der Waals surface area contributed by atoms with Gasteiger partial charge in [-0.1, -0.05) is 45.0 Å². The lowest BCUT2D eigenvalue weighted by atomic mass is 9.88. The van der Waals surface area contributed by atoms with Crippen molar-refractivity contribution in [3.05, 3.63) is 35.4 Å². The molecule has 0 unspecified atom stereocenters. The van der Waals surface area contributed by atoms with Crippen LogP contribution in [-0.2, 0) is 13.0 Å². The van der Waals surface area contributed by atoms with E-state index in [1.807, 2.05) is 0 Å². The standard InChI is InChI=1S/C23H42N4/c1-23(2,3)11-10-21-6-8-22(9-7-21)20-27-18-5-14-25-16-15-24-12-4-13-26-17-19-27/h6-9,24-26H,4-5,10-20H2,1-3H3. The molecule has 1 aliphatic heterocycles. The van der Waals surface area contributed by atoms with Crippen molar-refractivity contribution in [1.82, 2.24) is 20.9 Å². The summed E-state index contributed by atoms with van der Waals surface area (Å²) >= 11 is 0.